The molecule has 0 amide bonds. The fourth-order valence-corrected chi connectivity index (χ4v) is 4.51. The Morgan fingerprint density at radius 3 is 2.45 bits per heavy atom. The van der Waals surface area contributed by atoms with Gasteiger partial charge in [0.2, 0.25) is 5.95 Å². The second-order valence-corrected chi connectivity index (χ2v) is 8.37. The van der Waals surface area contributed by atoms with Gasteiger partial charge in [-0.25, -0.2) is 4.98 Å². The van der Waals surface area contributed by atoms with Gasteiger partial charge in [0.25, 0.3) is 0 Å². The summed E-state index contributed by atoms with van der Waals surface area (Å²) in [6.45, 7) is 6.47. The van der Waals surface area contributed by atoms with Gasteiger partial charge < -0.3 is 14.6 Å². The number of imidazole rings is 1. The molecule has 4 nitrogen and oxygen atoms in total. The summed E-state index contributed by atoms with van der Waals surface area (Å²) in [6.07, 6.45) is 4.61. The molecule has 1 heterocycles. The summed E-state index contributed by atoms with van der Waals surface area (Å²) in [5.41, 5.74) is 5.08. The molecule has 0 spiro atoms. The van der Waals surface area contributed by atoms with E-state index in [1.165, 1.54) is 5.56 Å². The first-order valence-electron chi connectivity index (χ1n) is 10.2. The number of rotatable bonds is 8. The molecule has 0 aliphatic carbocycles. The largest absolute Gasteiger partial charge is 0.495 e. The van der Waals surface area contributed by atoms with Crippen molar-refractivity contribution >= 4 is 45.9 Å². The van der Waals surface area contributed by atoms with E-state index in [-0.39, 0.29) is 0 Å². The summed E-state index contributed by atoms with van der Waals surface area (Å²) in [6, 6.07) is 7.85. The Hall–Kier alpha value is -1.91. The monoisotopic (exact) mass is 433 g/mol. The van der Waals surface area contributed by atoms with Crippen LogP contribution in [0.3, 0.4) is 0 Å². The number of ether oxygens (including phenoxy) is 1. The van der Waals surface area contributed by atoms with Gasteiger partial charge in [-0.15, -0.1) is 0 Å². The quantitative estimate of drug-likeness (QED) is 0.396. The number of anilines is 2. The highest BCUT2D eigenvalue weighted by atomic mass is 35.5. The number of methoxy groups -OCH3 is 1. The summed E-state index contributed by atoms with van der Waals surface area (Å²) in [5, 5.41) is 4.75. The van der Waals surface area contributed by atoms with Crippen LogP contribution in [0.4, 0.5) is 11.6 Å². The minimum absolute atomic E-state index is 0.500. The van der Waals surface area contributed by atoms with Gasteiger partial charge in [0.15, 0.2) is 0 Å². The van der Waals surface area contributed by atoms with Crippen LogP contribution in [0.2, 0.25) is 10.0 Å². The number of benzene rings is 2. The maximum atomic E-state index is 6.54. The molecular weight excluding hydrogens is 405 g/mol. The molecule has 0 aliphatic rings. The Morgan fingerprint density at radius 1 is 1.14 bits per heavy atom. The van der Waals surface area contributed by atoms with Crippen molar-refractivity contribution in [2.45, 2.75) is 52.4 Å². The van der Waals surface area contributed by atoms with E-state index in [1.807, 2.05) is 26.1 Å². The molecule has 3 rings (SSSR count). The smallest absolute Gasteiger partial charge is 0.208 e. The van der Waals surface area contributed by atoms with Crippen LogP contribution in [-0.4, -0.2) is 16.7 Å². The molecule has 3 aromatic rings. The van der Waals surface area contributed by atoms with Gasteiger partial charge in [-0.2, -0.15) is 0 Å². The average molecular weight is 434 g/mol. The van der Waals surface area contributed by atoms with Gasteiger partial charge >= 0.3 is 0 Å². The molecule has 1 aromatic heterocycles. The van der Waals surface area contributed by atoms with E-state index in [1.54, 1.807) is 13.2 Å². The van der Waals surface area contributed by atoms with E-state index in [0.717, 1.165) is 53.9 Å². The van der Waals surface area contributed by atoms with Gasteiger partial charge in [0, 0.05) is 18.1 Å². The van der Waals surface area contributed by atoms with Gasteiger partial charge in [0.1, 0.15) is 11.3 Å². The minimum Gasteiger partial charge on any atom is -0.495 e. The Labute approximate surface area is 183 Å². The van der Waals surface area contributed by atoms with Crippen LogP contribution in [0.25, 0.3) is 11.0 Å². The van der Waals surface area contributed by atoms with Crippen molar-refractivity contribution in [1.82, 2.24) is 9.55 Å². The highest BCUT2D eigenvalue weighted by Crippen LogP contribution is 2.38. The zero-order valence-electron chi connectivity index (χ0n) is 17.8. The maximum Gasteiger partial charge on any atom is 0.208 e. The molecule has 0 atom stereocenters. The minimum atomic E-state index is 0.500. The molecule has 0 radical (unpaired) electrons. The van der Waals surface area contributed by atoms with Crippen molar-refractivity contribution in [3.05, 3.63) is 45.4 Å². The summed E-state index contributed by atoms with van der Waals surface area (Å²) in [5.74, 6) is 1.91. The second kappa shape index (κ2) is 9.27. The van der Waals surface area contributed by atoms with E-state index < -0.39 is 0 Å². The zero-order valence-corrected chi connectivity index (χ0v) is 19.3. The molecular formula is C23H29Cl2N3O. The second-order valence-electron chi connectivity index (χ2n) is 7.53. The molecule has 156 valence electrons. The molecule has 0 saturated carbocycles. The van der Waals surface area contributed by atoms with Gasteiger partial charge in [-0.05, 0) is 48.9 Å². The number of hydrogen-bond donors (Lipinski definition) is 1. The van der Waals surface area contributed by atoms with E-state index in [2.05, 4.69) is 29.8 Å². The predicted octanol–water partition coefficient (Wildman–Crippen LogP) is 7.62. The Morgan fingerprint density at radius 2 is 1.83 bits per heavy atom. The van der Waals surface area contributed by atoms with Crippen molar-refractivity contribution in [1.29, 1.82) is 0 Å². The Kier molecular flexibility index (Phi) is 6.97. The molecule has 0 unspecified atom stereocenters. The predicted molar refractivity (Wildman–Crippen MR) is 124 cm³/mol. The lowest BCUT2D eigenvalue weighted by molar-refractivity contribution is 0.416. The SMILES string of the molecule is CCCC(CCC)c1ccc(Cl)c2nc(Nc3c(C)cc(Cl)cc3OC)n(C)c12. The van der Waals surface area contributed by atoms with Crippen molar-refractivity contribution in [2.75, 3.05) is 12.4 Å². The number of halogens is 2. The lowest BCUT2D eigenvalue weighted by Crippen LogP contribution is -2.05. The first-order valence-corrected chi connectivity index (χ1v) is 10.9. The van der Waals surface area contributed by atoms with Gasteiger partial charge in [0.05, 0.1) is 23.3 Å². The van der Waals surface area contributed by atoms with Gasteiger partial charge in [-0.3, -0.25) is 0 Å². The van der Waals surface area contributed by atoms with Gasteiger partial charge in [-0.1, -0.05) is 56.0 Å². The molecule has 0 aliphatic heterocycles. The normalized spacial score (nSPS) is 11.4. The van der Waals surface area contributed by atoms with Crippen molar-refractivity contribution in [3.63, 3.8) is 0 Å². The number of hydrogen-bond acceptors (Lipinski definition) is 3. The summed E-state index contributed by atoms with van der Waals surface area (Å²) in [7, 11) is 3.67. The highest BCUT2D eigenvalue weighted by Gasteiger charge is 2.21. The lowest BCUT2D eigenvalue weighted by Gasteiger charge is -2.18. The van der Waals surface area contributed by atoms with Crippen molar-refractivity contribution in [2.24, 2.45) is 7.05 Å². The van der Waals surface area contributed by atoms with E-state index in [0.29, 0.717) is 21.7 Å². The zero-order chi connectivity index (χ0) is 21.1. The van der Waals surface area contributed by atoms with Crippen molar-refractivity contribution < 1.29 is 4.74 Å². The average Bonchev–Trinajstić information content (AvgIpc) is 3.01. The van der Waals surface area contributed by atoms with Crippen LogP contribution < -0.4 is 10.1 Å². The number of aryl methyl sites for hydroxylation is 2. The van der Waals surface area contributed by atoms with E-state index in [9.17, 15) is 0 Å². The molecule has 0 fully saturated rings. The third kappa shape index (κ3) is 4.34. The fraction of sp³-hybridized carbons (Fsp3) is 0.435. The van der Waals surface area contributed by atoms with Crippen LogP contribution in [0, 0.1) is 6.92 Å². The number of nitrogens with zero attached hydrogens (tertiary/aromatic N) is 2. The maximum absolute atomic E-state index is 6.54. The number of fused-ring (bicyclic) bond motifs is 1. The topological polar surface area (TPSA) is 39.1 Å². The van der Waals surface area contributed by atoms with E-state index >= 15 is 0 Å². The van der Waals surface area contributed by atoms with Crippen LogP contribution in [-0.2, 0) is 7.05 Å². The Balaban J connectivity index is 2.14. The standard InChI is InChI=1S/C23H29Cl2N3O/c1-6-8-15(9-7-2)17-10-11-18(25)21-22(17)28(4)23(27-21)26-20-14(3)12-16(24)13-19(20)29-5/h10-13,15H,6-9H2,1-5H3,(H,26,27). The molecule has 0 saturated heterocycles. The van der Waals surface area contributed by atoms with Crippen LogP contribution in [0.1, 0.15) is 56.6 Å². The third-order valence-corrected chi connectivity index (χ3v) is 5.96. The van der Waals surface area contributed by atoms with Crippen LogP contribution in [0.15, 0.2) is 24.3 Å². The summed E-state index contributed by atoms with van der Waals surface area (Å²) in [4.78, 5) is 4.84. The van der Waals surface area contributed by atoms with Crippen LogP contribution in [0.5, 0.6) is 5.75 Å². The lowest BCUT2D eigenvalue weighted by atomic mass is 9.89. The fourth-order valence-electron chi connectivity index (χ4n) is 4.06. The molecule has 6 heteroatoms. The summed E-state index contributed by atoms with van der Waals surface area (Å²) < 4.78 is 7.63. The number of nitrogens with one attached hydrogen (secondary N) is 1. The molecule has 29 heavy (non-hydrogen) atoms. The number of aromatic nitrogens is 2. The van der Waals surface area contributed by atoms with Crippen molar-refractivity contribution in [3.8, 4) is 5.75 Å². The first-order chi connectivity index (χ1) is 13.9. The highest BCUT2D eigenvalue weighted by molar-refractivity contribution is 6.35. The molecule has 1 N–H and O–H groups in total. The summed E-state index contributed by atoms with van der Waals surface area (Å²) >= 11 is 12.7. The molecule has 2 aromatic carbocycles. The third-order valence-electron chi connectivity index (χ3n) is 5.44. The van der Waals surface area contributed by atoms with Crippen LogP contribution >= 0.6 is 23.2 Å². The molecule has 0 bridgehead atoms. The van der Waals surface area contributed by atoms with E-state index in [4.69, 9.17) is 32.9 Å². The Bertz CT molecular complexity index is 1010. The first kappa shape index (κ1) is 21.8.